The van der Waals surface area contributed by atoms with Crippen LogP contribution in [0, 0.1) is 17.6 Å². The third-order valence-electron chi connectivity index (χ3n) is 6.60. The molecular weight excluding hydrogens is 420 g/mol. The van der Waals surface area contributed by atoms with Gasteiger partial charge >= 0.3 is 0 Å². The van der Waals surface area contributed by atoms with E-state index in [9.17, 15) is 13.6 Å². The second-order valence-electron chi connectivity index (χ2n) is 9.17. The lowest BCUT2D eigenvalue weighted by Gasteiger charge is -2.30. The van der Waals surface area contributed by atoms with Crippen LogP contribution >= 0.6 is 0 Å². The molecule has 0 bridgehead atoms. The number of rotatable bonds is 6. The molecule has 0 spiro atoms. The van der Waals surface area contributed by atoms with Gasteiger partial charge in [0.25, 0.3) is 0 Å². The van der Waals surface area contributed by atoms with E-state index >= 15 is 0 Å². The summed E-state index contributed by atoms with van der Waals surface area (Å²) >= 11 is 0. The van der Waals surface area contributed by atoms with Crippen molar-refractivity contribution in [3.63, 3.8) is 0 Å². The second kappa shape index (κ2) is 10.6. The van der Waals surface area contributed by atoms with Crippen LogP contribution in [0.4, 0.5) is 8.78 Å². The number of hydrogen-bond donors (Lipinski definition) is 1. The molecule has 176 valence electrons. The van der Waals surface area contributed by atoms with Gasteiger partial charge in [-0.1, -0.05) is 43.3 Å². The fraction of sp³-hybridized carbons (Fsp3) is 0.444. The van der Waals surface area contributed by atoms with Crippen LogP contribution in [-0.4, -0.2) is 55.0 Å². The summed E-state index contributed by atoms with van der Waals surface area (Å²) in [5, 5.41) is 3.32. The van der Waals surface area contributed by atoms with E-state index in [4.69, 9.17) is 0 Å². The molecular formula is C27H33F2N3O. The van der Waals surface area contributed by atoms with Crippen LogP contribution in [0.15, 0.2) is 54.6 Å². The van der Waals surface area contributed by atoms with Crippen molar-refractivity contribution in [2.45, 2.75) is 38.3 Å². The van der Waals surface area contributed by atoms with Crippen LogP contribution in [0.25, 0.3) is 5.57 Å². The Labute approximate surface area is 195 Å². The topological polar surface area (TPSA) is 35.6 Å². The number of carbonyl (C=O) groups is 1. The van der Waals surface area contributed by atoms with Crippen molar-refractivity contribution < 1.29 is 13.6 Å². The largest absolute Gasteiger partial charge is 0.326 e. The molecule has 2 atom stereocenters. The fourth-order valence-corrected chi connectivity index (χ4v) is 4.43. The van der Waals surface area contributed by atoms with E-state index in [-0.39, 0.29) is 30.1 Å². The van der Waals surface area contributed by atoms with Gasteiger partial charge in [0.1, 0.15) is 11.6 Å². The number of halogens is 2. The van der Waals surface area contributed by atoms with Crippen LogP contribution < -0.4 is 5.32 Å². The minimum Gasteiger partial charge on any atom is -0.326 e. The van der Waals surface area contributed by atoms with Gasteiger partial charge in [-0.25, -0.2) is 8.78 Å². The lowest BCUT2D eigenvalue weighted by Crippen LogP contribution is -2.47. The molecule has 5 rings (SSSR count). The van der Waals surface area contributed by atoms with Crippen molar-refractivity contribution in [3.05, 3.63) is 77.4 Å². The Balaban J connectivity index is 0.000000459. The number of carbonyl (C=O) groups excluding carboxylic acids is 1. The molecule has 0 aromatic heterocycles. The molecule has 1 N–H and O–H groups in total. The second-order valence-corrected chi connectivity index (χ2v) is 9.17. The highest BCUT2D eigenvalue weighted by Gasteiger charge is 2.41. The molecule has 1 saturated carbocycles. The average molecular weight is 454 g/mol. The summed E-state index contributed by atoms with van der Waals surface area (Å²) in [6.07, 6.45) is 5.40. The Morgan fingerprint density at radius 2 is 1.82 bits per heavy atom. The SMILES string of the molecule is CCN[C@H](C(=O)N1CC(c2cc(F)ccc2F)=C[C@H]1c1ccccc1)C1CC1.CN1CCC1. The van der Waals surface area contributed by atoms with Gasteiger partial charge in [-0.15, -0.1) is 0 Å². The third kappa shape index (κ3) is 5.68. The number of hydrogen-bond acceptors (Lipinski definition) is 3. The van der Waals surface area contributed by atoms with E-state index < -0.39 is 11.6 Å². The molecule has 2 fully saturated rings. The normalized spacial score (nSPS) is 21.0. The highest BCUT2D eigenvalue weighted by Crippen LogP contribution is 2.39. The standard InChI is InChI=1S/C23H24F2N2O.C4H9N/c1-2-26-22(16-8-9-16)23(28)27-14-17(19-13-18(24)10-11-20(19)25)12-21(27)15-6-4-3-5-7-15;1-5-3-2-4-5/h3-7,10-13,16,21-22,26H,2,8-9,14H2,1H3;2-4H2,1H3/t21-,22-;/m0./s1. The quantitative estimate of drug-likeness (QED) is 0.692. The number of likely N-dealkylation sites (N-methyl/N-ethyl adjacent to an activating group) is 1. The van der Waals surface area contributed by atoms with Gasteiger partial charge in [0.2, 0.25) is 5.91 Å². The molecule has 1 amide bonds. The highest BCUT2D eigenvalue weighted by molar-refractivity contribution is 5.87. The molecule has 2 aromatic rings. The van der Waals surface area contributed by atoms with Crippen molar-refractivity contribution in [3.8, 4) is 0 Å². The molecule has 3 aliphatic rings. The summed E-state index contributed by atoms with van der Waals surface area (Å²) < 4.78 is 28.1. The molecule has 0 unspecified atom stereocenters. The maximum atomic E-state index is 14.4. The van der Waals surface area contributed by atoms with E-state index in [0.29, 0.717) is 11.5 Å². The Morgan fingerprint density at radius 1 is 1.12 bits per heavy atom. The molecule has 33 heavy (non-hydrogen) atoms. The van der Waals surface area contributed by atoms with Gasteiger partial charge in [0, 0.05) is 12.1 Å². The van der Waals surface area contributed by atoms with Crippen LogP contribution in [0.2, 0.25) is 0 Å². The molecule has 0 radical (unpaired) electrons. The Morgan fingerprint density at radius 3 is 2.39 bits per heavy atom. The minimum absolute atomic E-state index is 0.0289. The zero-order valence-electron chi connectivity index (χ0n) is 19.4. The fourth-order valence-electron chi connectivity index (χ4n) is 4.43. The average Bonchev–Trinajstić information content (AvgIpc) is 3.55. The maximum absolute atomic E-state index is 14.4. The van der Waals surface area contributed by atoms with Crippen LogP contribution in [0.3, 0.4) is 0 Å². The summed E-state index contributed by atoms with van der Waals surface area (Å²) in [6, 6.07) is 12.7. The lowest BCUT2D eigenvalue weighted by molar-refractivity contribution is -0.134. The van der Waals surface area contributed by atoms with E-state index in [1.165, 1.54) is 25.6 Å². The van der Waals surface area contributed by atoms with Crippen molar-refractivity contribution >= 4 is 11.5 Å². The van der Waals surface area contributed by atoms with Gasteiger partial charge < -0.3 is 15.1 Å². The van der Waals surface area contributed by atoms with E-state index in [1.54, 1.807) is 4.90 Å². The van der Waals surface area contributed by atoms with Crippen molar-refractivity contribution in [1.82, 2.24) is 15.1 Å². The first-order valence-electron chi connectivity index (χ1n) is 11.9. The highest BCUT2D eigenvalue weighted by atomic mass is 19.1. The molecule has 6 heteroatoms. The summed E-state index contributed by atoms with van der Waals surface area (Å²) in [5.74, 6) is -0.568. The Hall–Kier alpha value is -2.57. The van der Waals surface area contributed by atoms with Gasteiger partial charge in [-0.2, -0.15) is 0 Å². The van der Waals surface area contributed by atoms with Crippen molar-refractivity contribution in [1.29, 1.82) is 0 Å². The van der Waals surface area contributed by atoms with Crippen LogP contribution in [0.5, 0.6) is 0 Å². The number of nitrogens with one attached hydrogen (secondary N) is 1. The number of benzene rings is 2. The molecule has 1 aliphatic carbocycles. The third-order valence-corrected chi connectivity index (χ3v) is 6.60. The Kier molecular flexibility index (Phi) is 7.56. The zero-order chi connectivity index (χ0) is 23.4. The summed E-state index contributed by atoms with van der Waals surface area (Å²) in [4.78, 5) is 17.5. The molecule has 2 heterocycles. The van der Waals surface area contributed by atoms with Crippen molar-refractivity contribution in [2.24, 2.45) is 5.92 Å². The first kappa shape index (κ1) is 23.6. The molecule has 2 aliphatic heterocycles. The Bertz CT molecular complexity index is 986. The smallest absolute Gasteiger partial charge is 0.241 e. The summed E-state index contributed by atoms with van der Waals surface area (Å²) in [6.45, 7) is 5.62. The molecule has 4 nitrogen and oxygen atoms in total. The van der Waals surface area contributed by atoms with Crippen LogP contribution in [-0.2, 0) is 4.79 Å². The van der Waals surface area contributed by atoms with E-state index in [0.717, 1.165) is 37.1 Å². The minimum atomic E-state index is -0.484. The van der Waals surface area contributed by atoms with Crippen molar-refractivity contribution in [2.75, 3.05) is 33.2 Å². The predicted molar refractivity (Wildman–Crippen MR) is 128 cm³/mol. The monoisotopic (exact) mass is 453 g/mol. The number of nitrogens with zero attached hydrogens (tertiary/aromatic N) is 2. The summed E-state index contributed by atoms with van der Waals surface area (Å²) in [5.41, 5.74) is 1.83. The van der Waals surface area contributed by atoms with E-state index in [1.807, 2.05) is 43.3 Å². The molecule has 2 aromatic carbocycles. The zero-order valence-corrected chi connectivity index (χ0v) is 19.4. The predicted octanol–water partition coefficient (Wildman–Crippen LogP) is 4.64. The van der Waals surface area contributed by atoms with Gasteiger partial charge in [0.15, 0.2) is 0 Å². The number of amides is 1. The first-order chi connectivity index (χ1) is 16.0. The van der Waals surface area contributed by atoms with Crippen LogP contribution in [0.1, 0.15) is 43.4 Å². The van der Waals surface area contributed by atoms with Gasteiger partial charge in [0.05, 0.1) is 12.1 Å². The first-order valence-corrected chi connectivity index (χ1v) is 11.9. The number of likely N-dealkylation sites (tertiary alicyclic amines) is 1. The lowest BCUT2D eigenvalue weighted by atomic mass is 10.0. The van der Waals surface area contributed by atoms with Gasteiger partial charge in [-0.05, 0) is 81.2 Å². The summed E-state index contributed by atoms with van der Waals surface area (Å²) in [7, 11) is 2.14. The molecule has 1 saturated heterocycles. The maximum Gasteiger partial charge on any atom is 0.241 e. The van der Waals surface area contributed by atoms with Gasteiger partial charge in [-0.3, -0.25) is 4.79 Å². The van der Waals surface area contributed by atoms with E-state index in [2.05, 4.69) is 17.3 Å².